The standard InChI is InChI=1S/C19H25N5OS/c1-12-7-5-6-8-15(12)17-16-11-23(18-21-20-13(2)26-18)9-14(16)10-24(17)19(25)22(3)4/h5-8,14,16-17H,9-11H2,1-4H3/t14-,16-,17+/m1/s1. The molecule has 26 heavy (non-hydrogen) atoms. The second-order valence-electron chi connectivity index (χ2n) is 7.56. The smallest absolute Gasteiger partial charge is 0.320 e. The first-order valence-electron chi connectivity index (χ1n) is 9.04. The Morgan fingerprint density at radius 3 is 2.58 bits per heavy atom. The van der Waals surface area contributed by atoms with Crippen molar-refractivity contribution in [2.75, 3.05) is 38.6 Å². The Kier molecular flexibility index (Phi) is 4.34. The minimum Gasteiger partial charge on any atom is -0.346 e. The van der Waals surface area contributed by atoms with Gasteiger partial charge in [-0.25, -0.2) is 4.79 Å². The summed E-state index contributed by atoms with van der Waals surface area (Å²) in [4.78, 5) is 19.0. The summed E-state index contributed by atoms with van der Waals surface area (Å²) < 4.78 is 0. The van der Waals surface area contributed by atoms with Crippen molar-refractivity contribution < 1.29 is 4.79 Å². The molecule has 0 saturated carbocycles. The van der Waals surface area contributed by atoms with Crippen LogP contribution >= 0.6 is 11.3 Å². The third-order valence-electron chi connectivity index (χ3n) is 5.59. The molecule has 0 unspecified atom stereocenters. The van der Waals surface area contributed by atoms with Crippen LogP contribution < -0.4 is 4.90 Å². The summed E-state index contributed by atoms with van der Waals surface area (Å²) in [6, 6.07) is 8.68. The third-order valence-corrected chi connectivity index (χ3v) is 6.48. The van der Waals surface area contributed by atoms with E-state index < -0.39 is 0 Å². The molecule has 2 fully saturated rings. The first-order valence-corrected chi connectivity index (χ1v) is 9.86. The number of fused-ring (bicyclic) bond motifs is 1. The number of rotatable bonds is 2. The van der Waals surface area contributed by atoms with Gasteiger partial charge in [-0.3, -0.25) is 0 Å². The van der Waals surface area contributed by atoms with Crippen molar-refractivity contribution in [3.63, 3.8) is 0 Å². The predicted molar refractivity (Wildman–Crippen MR) is 104 cm³/mol. The number of aryl methyl sites for hydroxylation is 2. The van der Waals surface area contributed by atoms with Gasteiger partial charge in [0.2, 0.25) is 5.13 Å². The summed E-state index contributed by atoms with van der Waals surface area (Å²) in [5.41, 5.74) is 2.52. The van der Waals surface area contributed by atoms with Crippen molar-refractivity contribution in [3.8, 4) is 0 Å². The maximum atomic E-state index is 12.8. The Labute approximate surface area is 158 Å². The fourth-order valence-corrected chi connectivity index (χ4v) is 5.09. The molecule has 3 atom stereocenters. The van der Waals surface area contributed by atoms with Crippen LogP contribution in [0.2, 0.25) is 0 Å². The maximum absolute atomic E-state index is 12.8. The zero-order valence-electron chi connectivity index (χ0n) is 15.7. The van der Waals surface area contributed by atoms with Crippen molar-refractivity contribution in [3.05, 3.63) is 40.4 Å². The number of nitrogens with zero attached hydrogens (tertiary/aromatic N) is 5. The zero-order chi connectivity index (χ0) is 18.4. The lowest BCUT2D eigenvalue weighted by Crippen LogP contribution is -2.41. The molecule has 0 spiro atoms. The molecule has 2 saturated heterocycles. The van der Waals surface area contributed by atoms with Gasteiger partial charge in [-0.05, 0) is 25.0 Å². The second-order valence-corrected chi connectivity index (χ2v) is 8.72. The van der Waals surface area contributed by atoms with Crippen molar-refractivity contribution in [1.82, 2.24) is 20.0 Å². The molecule has 2 aromatic rings. The highest BCUT2D eigenvalue weighted by Crippen LogP contribution is 2.47. The monoisotopic (exact) mass is 371 g/mol. The Morgan fingerprint density at radius 1 is 1.15 bits per heavy atom. The first kappa shape index (κ1) is 17.3. The van der Waals surface area contributed by atoms with Crippen LogP contribution in [0.4, 0.5) is 9.93 Å². The molecular weight excluding hydrogens is 346 g/mol. The quantitative estimate of drug-likeness (QED) is 0.814. The van der Waals surface area contributed by atoms with Gasteiger partial charge in [0.25, 0.3) is 0 Å². The van der Waals surface area contributed by atoms with Gasteiger partial charge in [0.15, 0.2) is 0 Å². The Hall–Kier alpha value is -2.15. The summed E-state index contributed by atoms with van der Waals surface area (Å²) in [6.07, 6.45) is 0. The summed E-state index contributed by atoms with van der Waals surface area (Å²) in [5, 5.41) is 10.5. The lowest BCUT2D eigenvalue weighted by Gasteiger charge is -2.32. The zero-order valence-corrected chi connectivity index (χ0v) is 16.5. The number of amides is 2. The van der Waals surface area contributed by atoms with Crippen molar-refractivity contribution >= 4 is 22.5 Å². The molecule has 1 aromatic carbocycles. The molecular formula is C19H25N5OS. The number of urea groups is 1. The van der Waals surface area contributed by atoms with Gasteiger partial charge in [-0.15, -0.1) is 10.2 Å². The van der Waals surface area contributed by atoms with Crippen LogP contribution in [0, 0.1) is 25.7 Å². The molecule has 138 valence electrons. The van der Waals surface area contributed by atoms with E-state index in [4.69, 9.17) is 0 Å². The van der Waals surface area contributed by atoms with Crippen molar-refractivity contribution in [2.24, 2.45) is 11.8 Å². The van der Waals surface area contributed by atoms with Crippen LogP contribution in [0.15, 0.2) is 24.3 Å². The van der Waals surface area contributed by atoms with Crippen LogP contribution in [0.3, 0.4) is 0 Å². The molecule has 3 heterocycles. The summed E-state index contributed by atoms with van der Waals surface area (Å²) in [7, 11) is 3.67. The number of benzene rings is 1. The van der Waals surface area contributed by atoms with Gasteiger partial charge in [-0.2, -0.15) is 0 Å². The van der Waals surface area contributed by atoms with E-state index in [1.165, 1.54) is 11.1 Å². The highest BCUT2D eigenvalue weighted by Gasteiger charge is 2.50. The summed E-state index contributed by atoms with van der Waals surface area (Å²) in [6.45, 7) is 6.80. The van der Waals surface area contributed by atoms with E-state index in [9.17, 15) is 4.79 Å². The highest BCUT2D eigenvalue weighted by atomic mass is 32.1. The van der Waals surface area contributed by atoms with E-state index in [1.807, 2.05) is 21.0 Å². The SMILES string of the molecule is Cc1nnc(N2C[C@@H]3CN(C(=O)N(C)C)[C@@H](c4ccccc4C)[C@@H]3C2)s1. The third kappa shape index (κ3) is 2.84. The minimum absolute atomic E-state index is 0.103. The van der Waals surface area contributed by atoms with Crippen LogP contribution in [-0.2, 0) is 0 Å². The van der Waals surface area contributed by atoms with E-state index >= 15 is 0 Å². The summed E-state index contributed by atoms with van der Waals surface area (Å²) >= 11 is 1.65. The molecule has 2 aliphatic rings. The Bertz CT molecular complexity index is 820. The van der Waals surface area contributed by atoms with E-state index in [0.29, 0.717) is 11.8 Å². The number of anilines is 1. The predicted octanol–water partition coefficient (Wildman–Crippen LogP) is 2.95. The number of hydrogen-bond acceptors (Lipinski definition) is 5. The topological polar surface area (TPSA) is 52.6 Å². The van der Waals surface area contributed by atoms with Crippen molar-refractivity contribution in [1.29, 1.82) is 0 Å². The lowest BCUT2D eigenvalue weighted by atomic mass is 9.88. The normalized spacial score (nSPS) is 24.8. The van der Waals surface area contributed by atoms with Gasteiger partial charge in [0.1, 0.15) is 5.01 Å². The van der Waals surface area contributed by atoms with Gasteiger partial charge in [0.05, 0.1) is 6.04 Å². The van der Waals surface area contributed by atoms with E-state index in [0.717, 1.165) is 29.8 Å². The average Bonchev–Trinajstić information content (AvgIpc) is 3.28. The number of aromatic nitrogens is 2. The van der Waals surface area contributed by atoms with Gasteiger partial charge < -0.3 is 14.7 Å². The van der Waals surface area contributed by atoms with E-state index in [2.05, 4.69) is 51.2 Å². The Balaban J connectivity index is 1.67. The molecule has 0 radical (unpaired) electrons. The number of carbonyl (C=O) groups is 1. The van der Waals surface area contributed by atoms with Crippen molar-refractivity contribution in [2.45, 2.75) is 19.9 Å². The number of hydrogen-bond donors (Lipinski definition) is 0. The molecule has 0 N–H and O–H groups in total. The fourth-order valence-electron chi connectivity index (χ4n) is 4.39. The summed E-state index contributed by atoms with van der Waals surface area (Å²) in [5.74, 6) is 0.886. The second kappa shape index (κ2) is 6.54. The van der Waals surface area contributed by atoms with E-state index in [-0.39, 0.29) is 12.1 Å². The van der Waals surface area contributed by atoms with Crippen LogP contribution in [0.5, 0.6) is 0 Å². The molecule has 7 heteroatoms. The number of carbonyl (C=O) groups excluding carboxylic acids is 1. The molecule has 0 aliphatic carbocycles. The van der Waals surface area contributed by atoms with Gasteiger partial charge >= 0.3 is 6.03 Å². The molecule has 2 aliphatic heterocycles. The van der Waals surface area contributed by atoms with Crippen LogP contribution in [0.25, 0.3) is 0 Å². The average molecular weight is 372 g/mol. The highest BCUT2D eigenvalue weighted by molar-refractivity contribution is 7.15. The molecule has 0 bridgehead atoms. The van der Waals surface area contributed by atoms with E-state index in [1.54, 1.807) is 16.2 Å². The molecule has 2 amide bonds. The van der Waals surface area contributed by atoms with Gasteiger partial charge in [-0.1, -0.05) is 35.6 Å². The largest absolute Gasteiger partial charge is 0.346 e. The van der Waals surface area contributed by atoms with Gasteiger partial charge in [0, 0.05) is 45.6 Å². The Morgan fingerprint density at radius 2 is 1.92 bits per heavy atom. The van der Waals surface area contributed by atoms with Crippen LogP contribution in [-0.4, -0.2) is 59.8 Å². The maximum Gasteiger partial charge on any atom is 0.320 e. The van der Waals surface area contributed by atoms with Crippen LogP contribution in [0.1, 0.15) is 22.2 Å². The molecule has 4 rings (SSSR count). The molecule has 6 nitrogen and oxygen atoms in total. The minimum atomic E-state index is 0.103. The molecule has 1 aromatic heterocycles. The number of likely N-dealkylation sites (tertiary alicyclic amines) is 1. The lowest BCUT2D eigenvalue weighted by molar-refractivity contribution is 0.159. The fraction of sp³-hybridized carbons (Fsp3) is 0.526. The first-order chi connectivity index (χ1) is 12.5.